The van der Waals surface area contributed by atoms with Gasteiger partial charge in [-0.25, -0.2) is 8.78 Å². The number of aromatic nitrogens is 2. The van der Waals surface area contributed by atoms with E-state index in [1.165, 1.54) is 6.07 Å². The Kier molecular flexibility index (Phi) is 7.53. The van der Waals surface area contributed by atoms with Gasteiger partial charge in [-0.15, -0.1) is 0 Å². The molecule has 0 fully saturated rings. The predicted octanol–water partition coefficient (Wildman–Crippen LogP) is 5.56. The van der Waals surface area contributed by atoms with Crippen LogP contribution in [0.3, 0.4) is 0 Å². The molecule has 0 spiro atoms. The lowest BCUT2D eigenvalue weighted by Crippen LogP contribution is -2.25. The maximum Gasteiger partial charge on any atom is 0.264 e. The van der Waals surface area contributed by atoms with Crippen molar-refractivity contribution >= 4 is 11.4 Å². The molecule has 0 radical (unpaired) electrons. The van der Waals surface area contributed by atoms with Gasteiger partial charge in [-0.3, -0.25) is 9.97 Å². The number of aryl methyl sites for hydroxylation is 2. The third-order valence-electron chi connectivity index (χ3n) is 5.18. The second-order valence-electron chi connectivity index (χ2n) is 8.92. The number of oxime groups is 2. The van der Waals surface area contributed by atoms with Gasteiger partial charge < -0.3 is 9.68 Å². The fraction of sp³-hybridized carbons (Fsp3) is 0.500. The van der Waals surface area contributed by atoms with Crippen molar-refractivity contribution in [3.05, 3.63) is 58.2 Å². The molecule has 2 heterocycles. The highest BCUT2D eigenvalue weighted by molar-refractivity contribution is 6.01. The molecule has 1 aliphatic carbocycles. The molecule has 6 nitrogen and oxygen atoms in total. The highest BCUT2D eigenvalue weighted by Crippen LogP contribution is 2.31. The summed E-state index contributed by atoms with van der Waals surface area (Å²) in [6.45, 7) is 10.1. The number of rotatable bonds is 8. The Bertz CT molecular complexity index is 1020. The number of pyridine rings is 2. The Balaban J connectivity index is 1.62. The van der Waals surface area contributed by atoms with Crippen molar-refractivity contribution in [1.82, 2.24) is 9.97 Å². The van der Waals surface area contributed by atoms with Crippen LogP contribution in [-0.4, -0.2) is 34.6 Å². The maximum atomic E-state index is 13.4. The minimum atomic E-state index is -2.53. The Morgan fingerprint density at radius 3 is 2.56 bits per heavy atom. The molecule has 1 aliphatic rings. The van der Waals surface area contributed by atoms with Crippen LogP contribution in [0.2, 0.25) is 0 Å². The van der Waals surface area contributed by atoms with Crippen molar-refractivity contribution in [2.24, 2.45) is 15.7 Å². The highest BCUT2D eigenvalue weighted by Gasteiger charge is 2.26. The number of nitrogens with zero attached hydrogens (tertiary/aromatic N) is 4. The van der Waals surface area contributed by atoms with Crippen LogP contribution >= 0.6 is 0 Å². The topological polar surface area (TPSA) is 69.0 Å². The summed E-state index contributed by atoms with van der Waals surface area (Å²) in [5.74, 6) is 0. The van der Waals surface area contributed by atoms with E-state index in [4.69, 9.17) is 9.68 Å². The standard InChI is InChI=1S/C24H30F2N4O2/c1-15-8-6-10-20(27-15)17(3)29-31-13-24(4,5)14-32-30-21-11-7-9-18-19(23(25)26)12-16(2)28-22(18)21/h6,8,10,12,23H,7,9,11,13-14H2,1-5H3. The third-order valence-corrected chi connectivity index (χ3v) is 5.18. The largest absolute Gasteiger partial charge is 0.395 e. The van der Waals surface area contributed by atoms with E-state index >= 15 is 0 Å². The summed E-state index contributed by atoms with van der Waals surface area (Å²) < 4.78 is 26.9. The summed E-state index contributed by atoms with van der Waals surface area (Å²) in [7, 11) is 0. The second kappa shape index (κ2) is 10.1. The Morgan fingerprint density at radius 2 is 1.84 bits per heavy atom. The molecule has 2 aromatic rings. The maximum absolute atomic E-state index is 13.4. The Hall–Kier alpha value is -2.90. The quantitative estimate of drug-likeness (QED) is 0.395. The van der Waals surface area contributed by atoms with E-state index in [2.05, 4.69) is 20.3 Å². The van der Waals surface area contributed by atoms with E-state index < -0.39 is 6.43 Å². The van der Waals surface area contributed by atoms with E-state index in [-0.39, 0.29) is 17.6 Å². The molecule has 8 heteroatoms. The van der Waals surface area contributed by atoms with Gasteiger partial charge in [-0.05, 0) is 63.8 Å². The number of fused-ring (bicyclic) bond motifs is 1. The molecule has 0 saturated carbocycles. The first-order valence-corrected chi connectivity index (χ1v) is 10.7. The molecule has 172 valence electrons. The first-order chi connectivity index (χ1) is 15.2. The smallest absolute Gasteiger partial charge is 0.264 e. The van der Waals surface area contributed by atoms with Crippen LogP contribution in [0.4, 0.5) is 8.78 Å². The van der Waals surface area contributed by atoms with Gasteiger partial charge in [0, 0.05) is 22.4 Å². The number of hydrogen-bond donors (Lipinski definition) is 0. The van der Waals surface area contributed by atoms with Crippen molar-refractivity contribution in [1.29, 1.82) is 0 Å². The van der Waals surface area contributed by atoms with Gasteiger partial charge in [0.05, 0.1) is 11.4 Å². The van der Waals surface area contributed by atoms with E-state index in [1.54, 1.807) is 6.92 Å². The van der Waals surface area contributed by atoms with Gasteiger partial charge in [0.15, 0.2) is 0 Å². The van der Waals surface area contributed by atoms with Crippen LogP contribution < -0.4 is 0 Å². The van der Waals surface area contributed by atoms with Gasteiger partial charge >= 0.3 is 0 Å². The fourth-order valence-electron chi connectivity index (χ4n) is 3.48. The molecule has 0 aliphatic heterocycles. The zero-order valence-corrected chi connectivity index (χ0v) is 19.3. The summed E-state index contributed by atoms with van der Waals surface area (Å²) >= 11 is 0. The molecular formula is C24H30F2N4O2. The first kappa shape index (κ1) is 23.8. The molecule has 2 aromatic heterocycles. The molecule has 0 N–H and O–H groups in total. The second-order valence-corrected chi connectivity index (χ2v) is 8.92. The van der Waals surface area contributed by atoms with Crippen LogP contribution in [0.5, 0.6) is 0 Å². The van der Waals surface area contributed by atoms with Gasteiger partial charge in [0.2, 0.25) is 0 Å². The lowest BCUT2D eigenvalue weighted by molar-refractivity contribution is -0.000162. The summed E-state index contributed by atoms with van der Waals surface area (Å²) in [4.78, 5) is 20.0. The molecule has 0 aromatic carbocycles. The monoisotopic (exact) mass is 444 g/mol. The van der Waals surface area contributed by atoms with Crippen LogP contribution in [-0.2, 0) is 16.1 Å². The van der Waals surface area contributed by atoms with E-state index in [1.807, 2.05) is 45.9 Å². The fourth-order valence-corrected chi connectivity index (χ4v) is 3.48. The van der Waals surface area contributed by atoms with E-state index in [0.717, 1.165) is 17.8 Å². The number of hydrogen-bond acceptors (Lipinski definition) is 6. The van der Waals surface area contributed by atoms with Crippen molar-refractivity contribution in [3.8, 4) is 0 Å². The molecule has 0 unspecified atom stereocenters. The molecule has 32 heavy (non-hydrogen) atoms. The van der Waals surface area contributed by atoms with Crippen LogP contribution in [0.15, 0.2) is 34.6 Å². The minimum Gasteiger partial charge on any atom is -0.395 e. The minimum absolute atomic E-state index is 0.0463. The SMILES string of the molecule is CC(=NOCC(C)(C)CON=C1CCCc2c(C(F)F)cc(C)nc21)c1cccc(C)n1. The van der Waals surface area contributed by atoms with Crippen molar-refractivity contribution in [2.75, 3.05) is 13.2 Å². The van der Waals surface area contributed by atoms with Crippen molar-refractivity contribution in [3.63, 3.8) is 0 Å². The van der Waals surface area contributed by atoms with Gasteiger partial charge in [0.1, 0.15) is 24.6 Å². The third kappa shape index (κ3) is 6.08. The van der Waals surface area contributed by atoms with E-state index in [9.17, 15) is 8.78 Å². The molecular weight excluding hydrogens is 414 g/mol. The summed E-state index contributed by atoms with van der Waals surface area (Å²) in [5, 5.41) is 8.43. The highest BCUT2D eigenvalue weighted by atomic mass is 19.3. The molecule has 3 rings (SSSR count). The van der Waals surface area contributed by atoms with Crippen molar-refractivity contribution in [2.45, 2.75) is 60.3 Å². The molecule has 0 atom stereocenters. The zero-order valence-electron chi connectivity index (χ0n) is 19.3. The van der Waals surface area contributed by atoms with Crippen LogP contribution in [0, 0.1) is 19.3 Å². The Labute approximate surface area is 187 Å². The van der Waals surface area contributed by atoms with Crippen LogP contribution in [0.25, 0.3) is 0 Å². The molecule has 0 amide bonds. The van der Waals surface area contributed by atoms with Crippen LogP contribution in [0.1, 0.15) is 73.9 Å². The zero-order chi connectivity index (χ0) is 23.3. The average molecular weight is 445 g/mol. The lowest BCUT2D eigenvalue weighted by Gasteiger charge is -2.23. The normalized spacial score (nSPS) is 15.8. The molecule has 0 bridgehead atoms. The van der Waals surface area contributed by atoms with Gasteiger partial charge in [0.25, 0.3) is 6.43 Å². The van der Waals surface area contributed by atoms with Crippen molar-refractivity contribution < 1.29 is 18.5 Å². The van der Waals surface area contributed by atoms with E-state index in [0.29, 0.717) is 47.8 Å². The summed E-state index contributed by atoms with van der Waals surface area (Å²) in [6.07, 6.45) is -0.558. The molecule has 0 saturated heterocycles. The van der Waals surface area contributed by atoms with Gasteiger partial charge in [-0.2, -0.15) is 0 Å². The first-order valence-electron chi connectivity index (χ1n) is 10.7. The summed E-state index contributed by atoms with van der Waals surface area (Å²) in [5.41, 5.74) is 4.35. The number of halogens is 2. The Morgan fingerprint density at radius 1 is 1.09 bits per heavy atom. The lowest BCUT2D eigenvalue weighted by atomic mass is 9.90. The number of alkyl halides is 2. The van der Waals surface area contributed by atoms with Gasteiger partial charge in [-0.1, -0.05) is 30.2 Å². The predicted molar refractivity (Wildman–Crippen MR) is 120 cm³/mol. The summed E-state index contributed by atoms with van der Waals surface area (Å²) in [6, 6.07) is 7.20. The average Bonchev–Trinajstić information content (AvgIpc) is 2.73.